The van der Waals surface area contributed by atoms with E-state index in [1.807, 2.05) is 0 Å². The van der Waals surface area contributed by atoms with Gasteiger partial charge in [-0.05, 0) is 28.1 Å². The van der Waals surface area contributed by atoms with E-state index >= 15 is 0 Å². The Kier molecular flexibility index (Phi) is 4.00. The van der Waals surface area contributed by atoms with Crippen LogP contribution in [0.3, 0.4) is 0 Å². The molecule has 0 aliphatic carbocycles. The summed E-state index contributed by atoms with van der Waals surface area (Å²) in [6.07, 6.45) is -4.50. The van der Waals surface area contributed by atoms with E-state index in [2.05, 4.69) is 26.1 Å². The highest BCUT2D eigenvalue weighted by molar-refractivity contribution is 9.10. The molecule has 2 aromatic rings. The summed E-state index contributed by atoms with van der Waals surface area (Å²) < 4.78 is 48.5. The minimum absolute atomic E-state index is 0.00452. The predicted molar refractivity (Wildman–Crippen MR) is 66.9 cm³/mol. The van der Waals surface area contributed by atoms with Gasteiger partial charge in [-0.15, -0.1) is 0 Å². The molecule has 0 radical (unpaired) electrons. The van der Waals surface area contributed by atoms with Crippen LogP contribution in [0.4, 0.5) is 13.2 Å². The van der Waals surface area contributed by atoms with Gasteiger partial charge in [0, 0.05) is 0 Å². The summed E-state index contributed by atoms with van der Waals surface area (Å²) in [5, 5.41) is 3.60. The van der Waals surface area contributed by atoms with E-state index in [-0.39, 0.29) is 34.0 Å². The summed E-state index contributed by atoms with van der Waals surface area (Å²) >= 11 is 3.04. The summed E-state index contributed by atoms with van der Waals surface area (Å²) in [5.41, 5.74) is 4.54. The zero-order valence-electron chi connectivity index (χ0n) is 10.2. The molecule has 1 aromatic carbocycles. The van der Waals surface area contributed by atoms with Crippen molar-refractivity contribution in [2.24, 2.45) is 5.73 Å². The Morgan fingerprint density at radius 3 is 2.60 bits per heavy atom. The van der Waals surface area contributed by atoms with E-state index in [9.17, 15) is 13.2 Å². The molecule has 0 saturated carbocycles. The van der Waals surface area contributed by atoms with Gasteiger partial charge in [0.25, 0.3) is 0 Å². The van der Waals surface area contributed by atoms with Crippen LogP contribution in [0.15, 0.2) is 21.1 Å². The monoisotopic (exact) mass is 351 g/mol. The van der Waals surface area contributed by atoms with Gasteiger partial charge in [0.15, 0.2) is 0 Å². The van der Waals surface area contributed by atoms with Crippen molar-refractivity contribution in [1.82, 2.24) is 10.1 Å². The molecule has 0 saturated heterocycles. The quantitative estimate of drug-likeness (QED) is 0.919. The summed E-state index contributed by atoms with van der Waals surface area (Å²) in [7, 11) is 1.33. The second-order valence-corrected chi connectivity index (χ2v) is 4.61. The number of ether oxygens (including phenoxy) is 1. The summed E-state index contributed by atoms with van der Waals surface area (Å²) in [6, 6.07) is 1.82. The van der Waals surface area contributed by atoms with Crippen molar-refractivity contribution in [3.63, 3.8) is 0 Å². The highest BCUT2D eigenvalue weighted by atomic mass is 79.9. The fourth-order valence-corrected chi connectivity index (χ4v) is 2.20. The Morgan fingerprint density at radius 1 is 1.40 bits per heavy atom. The smallest absolute Gasteiger partial charge is 0.416 e. The fraction of sp³-hybridized carbons (Fsp3) is 0.273. The van der Waals surface area contributed by atoms with Crippen LogP contribution >= 0.6 is 15.9 Å². The highest BCUT2D eigenvalue weighted by Crippen LogP contribution is 2.41. The third kappa shape index (κ3) is 2.78. The molecule has 1 aromatic heterocycles. The van der Waals surface area contributed by atoms with Gasteiger partial charge in [0.2, 0.25) is 11.7 Å². The molecule has 108 valence electrons. The largest absolute Gasteiger partial charge is 0.495 e. The molecule has 20 heavy (non-hydrogen) atoms. The highest BCUT2D eigenvalue weighted by Gasteiger charge is 2.33. The molecule has 0 aliphatic rings. The lowest BCUT2D eigenvalue weighted by Gasteiger charge is -2.12. The Morgan fingerprint density at radius 2 is 2.10 bits per heavy atom. The van der Waals surface area contributed by atoms with Crippen LogP contribution in [0.25, 0.3) is 11.4 Å². The van der Waals surface area contributed by atoms with Gasteiger partial charge in [-0.1, -0.05) is 5.16 Å². The van der Waals surface area contributed by atoms with Crippen LogP contribution in [0.1, 0.15) is 11.5 Å². The molecule has 0 aliphatic heterocycles. The first-order valence-corrected chi connectivity index (χ1v) is 6.14. The van der Waals surface area contributed by atoms with Gasteiger partial charge in [-0.2, -0.15) is 18.2 Å². The fourth-order valence-electron chi connectivity index (χ4n) is 1.58. The first-order valence-electron chi connectivity index (χ1n) is 5.34. The van der Waals surface area contributed by atoms with Crippen molar-refractivity contribution in [2.45, 2.75) is 12.7 Å². The Labute approximate surface area is 120 Å². The average molecular weight is 352 g/mol. The van der Waals surface area contributed by atoms with E-state index in [0.717, 1.165) is 12.1 Å². The van der Waals surface area contributed by atoms with Gasteiger partial charge in [-0.3, -0.25) is 0 Å². The number of aromatic nitrogens is 2. The Bertz CT molecular complexity index is 628. The minimum Gasteiger partial charge on any atom is -0.495 e. The third-order valence-electron chi connectivity index (χ3n) is 2.46. The summed E-state index contributed by atoms with van der Waals surface area (Å²) in [5.74, 6) is 0.284. The lowest BCUT2D eigenvalue weighted by molar-refractivity contribution is -0.137. The van der Waals surface area contributed by atoms with E-state index in [1.54, 1.807) is 0 Å². The van der Waals surface area contributed by atoms with Gasteiger partial charge in [-0.25, -0.2) is 0 Å². The molecular weight excluding hydrogens is 343 g/mol. The maximum atomic E-state index is 12.8. The maximum Gasteiger partial charge on any atom is 0.416 e. The standard InChI is InChI=1S/C11H9BrF3N3O2/c1-19-9-6(10-17-8(4-16)20-18-10)2-5(3-7(9)12)11(13,14)15/h2-3H,4,16H2,1H3. The van der Waals surface area contributed by atoms with E-state index in [0.29, 0.717) is 0 Å². The van der Waals surface area contributed by atoms with Gasteiger partial charge >= 0.3 is 6.18 Å². The Hall–Kier alpha value is -1.61. The number of rotatable bonds is 3. The van der Waals surface area contributed by atoms with Crippen LogP contribution in [0.2, 0.25) is 0 Å². The van der Waals surface area contributed by atoms with E-state index < -0.39 is 11.7 Å². The van der Waals surface area contributed by atoms with Crippen LogP contribution in [0.5, 0.6) is 5.75 Å². The van der Waals surface area contributed by atoms with Crippen molar-refractivity contribution >= 4 is 15.9 Å². The second-order valence-electron chi connectivity index (χ2n) is 3.75. The SMILES string of the molecule is COc1c(Br)cc(C(F)(F)F)cc1-c1noc(CN)n1. The third-order valence-corrected chi connectivity index (χ3v) is 3.05. The van der Waals surface area contributed by atoms with Crippen LogP contribution in [-0.4, -0.2) is 17.3 Å². The molecule has 2 rings (SSSR count). The topological polar surface area (TPSA) is 74.2 Å². The van der Waals surface area contributed by atoms with Crippen LogP contribution in [0, 0.1) is 0 Å². The van der Waals surface area contributed by atoms with E-state index in [1.165, 1.54) is 7.11 Å². The lowest BCUT2D eigenvalue weighted by atomic mass is 10.1. The molecular formula is C11H9BrF3N3O2. The molecule has 0 fully saturated rings. The maximum absolute atomic E-state index is 12.8. The van der Waals surface area contributed by atoms with Crippen molar-refractivity contribution < 1.29 is 22.4 Å². The number of methoxy groups -OCH3 is 1. The molecule has 5 nitrogen and oxygen atoms in total. The number of nitrogens with two attached hydrogens (primary N) is 1. The van der Waals surface area contributed by atoms with Crippen LogP contribution in [-0.2, 0) is 12.7 Å². The zero-order chi connectivity index (χ0) is 14.9. The number of nitrogens with zero attached hydrogens (tertiary/aromatic N) is 2. The van der Waals surface area contributed by atoms with Gasteiger partial charge in [0.05, 0.1) is 29.3 Å². The summed E-state index contributed by atoms with van der Waals surface area (Å²) in [4.78, 5) is 3.90. The number of hydrogen-bond donors (Lipinski definition) is 1. The first kappa shape index (κ1) is 14.8. The van der Waals surface area contributed by atoms with Crippen molar-refractivity contribution in [3.05, 3.63) is 28.1 Å². The number of halogens is 4. The molecule has 0 amide bonds. The average Bonchev–Trinajstić information content (AvgIpc) is 2.85. The number of alkyl halides is 3. The number of hydrogen-bond acceptors (Lipinski definition) is 5. The van der Waals surface area contributed by atoms with Crippen LogP contribution < -0.4 is 10.5 Å². The minimum atomic E-state index is -4.50. The molecule has 9 heteroatoms. The van der Waals surface area contributed by atoms with Gasteiger partial charge < -0.3 is 15.0 Å². The number of benzene rings is 1. The molecule has 0 spiro atoms. The first-order chi connectivity index (χ1) is 9.36. The second kappa shape index (κ2) is 5.41. The molecule has 0 unspecified atom stereocenters. The summed E-state index contributed by atoms with van der Waals surface area (Å²) in [6.45, 7) is -0.00452. The van der Waals surface area contributed by atoms with Crippen molar-refractivity contribution in [1.29, 1.82) is 0 Å². The molecule has 2 N–H and O–H groups in total. The lowest BCUT2D eigenvalue weighted by Crippen LogP contribution is -2.06. The Balaban J connectivity index is 2.63. The van der Waals surface area contributed by atoms with E-state index in [4.69, 9.17) is 15.0 Å². The van der Waals surface area contributed by atoms with Crippen molar-refractivity contribution in [2.75, 3.05) is 7.11 Å². The zero-order valence-corrected chi connectivity index (χ0v) is 11.7. The predicted octanol–water partition coefficient (Wildman–Crippen LogP) is 2.99. The van der Waals surface area contributed by atoms with Gasteiger partial charge in [0.1, 0.15) is 5.75 Å². The molecule has 0 bridgehead atoms. The normalized spacial score (nSPS) is 11.7. The molecule has 1 heterocycles. The molecule has 0 atom stereocenters. The van der Waals surface area contributed by atoms with Crippen molar-refractivity contribution in [3.8, 4) is 17.1 Å².